The molecular formula is C16H28N2O4. The van der Waals surface area contributed by atoms with Gasteiger partial charge in [0.25, 0.3) is 0 Å². The zero-order chi connectivity index (χ0) is 16.8. The molecule has 0 bridgehead atoms. The summed E-state index contributed by atoms with van der Waals surface area (Å²) in [6.07, 6.45) is 3.83. The second-order valence-electron chi connectivity index (χ2n) is 6.31. The highest BCUT2D eigenvalue weighted by atomic mass is 16.4. The number of hydrogen-bond acceptors (Lipinski definition) is 3. The molecule has 1 aliphatic heterocycles. The standard InChI is InChI=1S/C16H28N2O4/c1-4-7-13(19)18-10-6-8-12(11-18)14(20)17-16(3,9-5-2)15(21)22/h12H,4-11H2,1-3H3,(H,17,20)(H,21,22). The lowest BCUT2D eigenvalue weighted by molar-refractivity contribution is -0.148. The van der Waals surface area contributed by atoms with Crippen molar-refractivity contribution < 1.29 is 19.5 Å². The van der Waals surface area contributed by atoms with Gasteiger partial charge in [0.15, 0.2) is 0 Å². The maximum Gasteiger partial charge on any atom is 0.329 e. The molecule has 0 aromatic heterocycles. The Morgan fingerprint density at radius 2 is 1.95 bits per heavy atom. The van der Waals surface area contributed by atoms with E-state index in [4.69, 9.17) is 0 Å². The van der Waals surface area contributed by atoms with Crippen LogP contribution in [0.1, 0.15) is 59.3 Å². The van der Waals surface area contributed by atoms with E-state index in [1.54, 1.807) is 11.8 Å². The molecule has 0 aliphatic carbocycles. The van der Waals surface area contributed by atoms with Crippen LogP contribution < -0.4 is 5.32 Å². The monoisotopic (exact) mass is 312 g/mol. The number of carbonyl (C=O) groups excluding carboxylic acids is 2. The SMILES string of the molecule is CCCC(=O)N1CCCC(C(=O)NC(C)(CCC)C(=O)O)C1. The molecule has 2 atom stereocenters. The third kappa shape index (κ3) is 4.71. The summed E-state index contributed by atoms with van der Waals surface area (Å²) in [6.45, 7) is 6.47. The Hall–Kier alpha value is -1.59. The number of piperidine rings is 1. The Kier molecular flexibility index (Phi) is 6.84. The van der Waals surface area contributed by atoms with Crippen LogP contribution in [0.3, 0.4) is 0 Å². The van der Waals surface area contributed by atoms with Gasteiger partial charge in [-0.15, -0.1) is 0 Å². The Balaban J connectivity index is 2.68. The van der Waals surface area contributed by atoms with Crippen molar-refractivity contribution in [1.29, 1.82) is 0 Å². The second-order valence-corrected chi connectivity index (χ2v) is 6.31. The molecule has 22 heavy (non-hydrogen) atoms. The van der Waals surface area contributed by atoms with Crippen LogP contribution in [-0.4, -0.2) is 46.4 Å². The van der Waals surface area contributed by atoms with E-state index in [2.05, 4.69) is 5.32 Å². The predicted octanol–water partition coefficient (Wildman–Crippen LogP) is 1.78. The fourth-order valence-corrected chi connectivity index (χ4v) is 2.89. The van der Waals surface area contributed by atoms with E-state index >= 15 is 0 Å². The third-order valence-electron chi connectivity index (χ3n) is 4.23. The van der Waals surface area contributed by atoms with Gasteiger partial charge in [0.05, 0.1) is 5.92 Å². The lowest BCUT2D eigenvalue weighted by Gasteiger charge is -2.34. The quantitative estimate of drug-likeness (QED) is 0.750. The molecule has 0 aromatic carbocycles. The summed E-state index contributed by atoms with van der Waals surface area (Å²) >= 11 is 0. The lowest BCUT2D eigenvalue weighted by Crippen LogP contribution is -2.55. The minimum atomic E-state index is -1.23. The van der Waals surface area contributed by atoms with Crippen LogP contribution in [0.2, 0.25) is 0 Å². The average Bonchev–Trinajstić information content (AvgIpc) is 2.47. The molecule has 6 nitrogen and oxygen atoms in total. The topological polar surface area (TPSA) is 86.7 Å². The summed E-state index contributed by atoms with van der Waals surface area (Å²) in [6, 6.07) is 0. The molecule has 0 saturated carbocycles. The smallest absolute Gasteiger partial charge is 0.329 e. The van der Waals surface area contributed by atoms with Crippen LogP contribution in [-0.2, 0) is 14.4 Å². The minimum Gasteiger partial charge on any atom is -0.480 e. The number of carboxylic acid groups (broad SMARTS) is 1. The van der Waals surface area contributed by atoms with Gasteiger partial charge in [-0.25, -0.2) is 4.79 Å². The van der Waals surface area contributed by atoms with Gasteiger partial charge in [-0.2, -0.15) is 0 Å². The van der Waals surface area contributed by atoms with Crippen molar-refractivity contribution in [1.82, 2.24) is 10.2 Å². The third-order valence-corrected chi connectivity index (χ3v) is 4.23. The van der Waals surface area contributed by atoms with Crippen molar-refractivity contribution in [3.05, 3.63) is 0 Å². The first kappa shape index (κ1) is 18.5. The molecular weight excluding hydrogens is 284 g/mol. The molecule has 1 fully saturated rings. The number of nitrogens with one attached hydrogen (secondary N) is 1. The largest absolute Gasteiger partial charge is 0.480 e. The summed E-state index contributed by atoms with van der Waals surface area (Å²) < 4.78 is 0. The van der Waals surface area contributed by atoms with Crippen molar-refractivity contribution in [2.75, 3.05) is 13.1 Å². The van der Waals surface area contributed by atoms with E-state index in [0.717, 1.165) is 12.8 Å². The normalized spacial score (nSPS) is 21.0. The summed E-state index contributed by atoms with van der Waals surface area (Å²) in [5.41, 5.74) is -1.23. The Morgan fingerprint density at radius 3 is 2.50 bits per heavy atom. The van der Waals surface area contributed by atoms with Crippen molar-refractivity contribution in [3.63, 3.8) is 0 Å². The number of amides is 2. The number of carboxylic acids is 1. The van der Waals surface area contributed by atoms with Gasteiger partial charge in [-0.3, -0.25) is 9.59 Å². The van der Waals surface area contributed by atoms with Crippen LogP contribution in [0.5, 0.6) is 0 Å². The molecule has 6 heteroatoms. The summed E-state index contributed by atoms with van der Waals surface area (Å²) in [4.78, 5) is 37.5. The Labute approximate surface area is 132 Å². The van der Waals surface area contributed by atoms with E-state index in [1.165, 1.54) is 0 Å². The number of likely N-dealkylation sites (tertiary alicyclic amines) is 1. The van der Waals surface area contributed by atoms with Crippen molar-refractivity contribution >= 4 is 17.8 Å². The molecule has 1 rings (SSSR count). The van der Waals surface area contributed by atoms with Crippen LogP contribution in [0.4, 0.5) is 0 Å². The van der Waals surface area contributed by atoms with Gasteiger partial charge in [0.2, 0.25) is 11.8 Å². The van der Waals surface area contributed by atoms with Crippen molar-refractivity contribution in [3.8, 4) is 0 Å². The maximum absolute atomic E-state index is 12.4. The lowest BCUT2D eigenvalue weighted by atomic mass is 9.92. The second kappa shape index (κ2) is 8.15. The summed E-state index contributed by atoms with van der Waals surface area (Å²) in [5.74, 6) is -1.51. The molecule has 0 spiro atoms. The number of carbonyl (C=O) groups is 3. The van der Waals surface area contributed by atoms with Gasteiger partial charge >= 0.3 is 5.97 Å². The predicted molar refractivity (Wildman–Crippen MR) is 83.3 cm³/mol. The molecule has 2 N–H and O–H groups in total. The molecule has 1 heterocycles. The summed E-state index contributed by atoms with van der Waals surface area (Å²) in [7, 11) is 0. The van der Waals surface area contributed by atoms with Crippen LogP contribution in [0, 0.1) is 5.92 Å². The van der Waals surface area contributed by atoms with Crippen LogP contribution in [0.15, 0.2) is 0 Å². The van der Waals surface area contributed by atoms with E-state index < -0.39 is 11.5 Å². The first-order valence-electron chi connectivity index (χ1n) is 8.17. The van der Waals surface area contributed by atoms with Gasteiger partial charge in [-0.1, -0.05) is 20.3 Å². The number of hydrogen-bond donors (Lipinski definition) is 2. The van der Waals surface area contributed by atoms with Crippen molar-refractivity contribution in [2.24, 2.45) is 5.92 Å². The van der Waals surface area contributed by atoms with E-state index in [0.29, 0.717) is 38.8 Å². The van der Waals surface area contributed by atoms with Gasteiger partial charge in [-0.05, 0) is 32.6 Å². The van der Waals surface area contributed by atoms with Crippen LogP contribution in [0.25, 0.3) is 0 Å². The first-order chi connectivity index (χ1) is 10.3. The highest BCUT2D eigenvalue weighted by Crippen LogP contribution is 2.20. The molecule has 0 aromatic rings. The van der Waals surface area contributed by atoms with Gasteiger partial charge < -0.3 is 15.3 Å². The fourth-order valence-electron chi connectivity index (χ4n) is 2.89. The first-order valence-corrected chi connectivity index (χ1v) is 8.17. The van der Waals surface area contributed by atoms with E-state index in [-0.39, 0.29) is 17.7 Å². The molecule has 0 radical (unpaired) electrons. The van der Waals surface area contributed by atoms with Gasteiger partial charge in [0, 0.05) is 19.5 Å². The highest BCUT2D eigenvalue weighted by Gasteiger charge is 2.37. The van der Waals surface area contributed by atoms with Crippen LogP contribution >= 0.6 is 0 Å². The van der Waals surface area contributed by atoms with E-state index in [9.17, 15) is 19.5 Å². The minimum absolute atomic E-state index is 0.0783. The summed E-state index contributed by atoms with van der Waals surface area (Å²) in [5, 5.41) is 12.0. The van der Waals surface area contributed by atoms with E-state index in [1.807, 2.05) is 13.8 Å². The van der Waals surface area contributed by atoms with Crippen molar-refractivity contribution in [2.45, 2.75) is 64.8 Å². The fraction of sp³-hybridized carbons (Fsp3) is 0.812. The average molecular weight is 312 g/mol. The zero-order valence-corrected chi connectivity index (χ0v) is 13.9. The zero-order valence-electron chi connectivity index (χ0n) is 13.9. The highest BCUT2D eigenvalue weighted by molar-refractivity contribution is 5.88. The molecule has 2 amide bonds. The number of rotatable bonds is 7. The molecule has 2 unspecified atom stereocenters. The Morgan fingerprint density at radius 1 is 1.27 bits per heavy atom. The number of aliphatic carboxylic acids is 1. The number of nitrogens with zero attached hydrogens (tertiary/aromatic N) is 1. The Bertz CT molecular complexity index is 424. The van der Waals surface area contributed by atoms with Gasteiger partial charge in [0.1, 0.15) is 5.54 Å². The maximum atomic E-state index is 12.4. The molecule has 1 saturated heterocycles. The molecule has 126 valence electrons. The molecule has 1 aliphatic rings.